The van der Waals surface area contributed by atoms with Crippen molar-refractivity contribution in [2.75, 3.05) is 100 Å². The van der Waals surface area contributed by atoms with Gasteiger partial charge in [0.1, 0.15) is 11.0 Å². The van der Waals surface area contributed by atoms with E-state index in [-0.39, 0.29) is 26.4 Å². The molecule has 0 radical (unpaired) electrons. The van der Waals surface area contributed by atoms with Gasteiger partial charge in [-0.1, -0.05) is 0 Å². The summed E-state index contributed by atoms with van der Waals surface area (Å²) in [6.45, 7) is 1.11. The summed E-state index contributed by atoms with van der Waals surface area (Å²) in [5.41, 5.74) is 0.975. The first-order chi connectivity index (χ1) is 14.4. The first kappa shape index (κ1) is 23.7. The van der Waals surface area contributed by atoms with Crippen LogP contribution in [0.1, 0.15) is 0 Å². The first-order valence-corrected chi connectivity index (χ1v) is 9.75. The Hall–Kier alpha value is -2.54. The van der Waals surface area contributed by atoms with Crippen molar-refractivity contribution in [1.29, 1.82) is 0 Å². The summed E-state index contributed by atoms with van der Waals surface area (Å²) >= 11 is 0. The zero-order valence-electron chi connectivity index (χ0n) is 18.0. The van der Waals surface area contributed by atoms with Crippen LogP contribution < -0.4 is 19.6 Å². The molecule has 0 aliphatic rings. The Labute approximate surface area is 176 Å². The third-order valence-corrected chi connectivity index (χ3v) is 4.63. The van der Waals surface area contributed by atoms with Crippen molar-refractivity contribution in [2.45, 2.75) is 0 Å². The normalized spacial score (nSPS) is 11.1. The molecule has 30 heavy (non-hydrogen) atoms. The molecule has 12 nitrogen and oxygen atoms in total. The quantitative estimate of drug-likeness (QED) is 0.303. The number of aliphatic hydroxyl groups excluding tert-OH is 4. The summed E-state index contributed by atoms with van der Waals surface area (Å²) in [5, 5.41) is 37.5. The summed E-state index contributed by atoms with van der Waals surface area (Å²) in [4.78, 5) is 25.5. The van der Waals surface area contributed by atoms with Crippen molar-refractivity contribution in [3.63, 3.8) is 0 Å². The van der Waals surface area contributed by atoms with Gasteiger partial charge in [-0.3, -0.25) is 0 Å². The highest BCUT2D eigenvalue weighted by Gasteiger charge is 2.22. The molecule has 0 atom stereocenters. The molecule has 2 rings (SSSR count). The Morgan fingerprint density at radius 1 is 0.500 bits per heavy atom. The number of anilines is 4. The fourth-order valence-electron chi connectivity index (χ4n) is 2.85. The summed E-state index contributed by atoms with van der Waals surface area (Å²) in [7, 11) is 7.14. The third kappa shape index (κ3) is 5.33. The van der Waals surface area contributed by atoms with Gasteiger partial charge in [0.25, 0.3) is 0 Å². The molecular weight excluding hydrogens is 392 g/mol. The number of nitrogens with zero attached hydrogens (tertiary/aromatic N) is 8. The molecule has 12 heteroatoms. The maximum Gasteiger partial charge on any atom is 0.227 e. The second kappa shape index (κ2) is 11.0. The predicted molar refractivity (Wildman–Crippen MR) is 117 cm³/mol. The van der Waals surface area contributed by atoms with Gasteiger partial charge in [-0.15, -0.1) is 0 Å². The average Bonchev–Trinajstić information content (AvgIpc) is 2.72. The largest absolute Gasteiger partial charge is 0.395 e. The molecule has 0 saturated carbocycles. The molecule has 168 valence electrons. The molecule has 0 bridgehead atoms. The van der Waals surface area contributed by atoms with Gasteiger partial charge in [0.2, 0.25) is 11.9 Å². The third-order valence-electron chi connectivity index (χ3n) is 4.63. The van der Waals surface area contributed by atoms with Crippen LogP contribution >= 0.6 is 0 Å². The second-order valence-corrected chi connectivity index (χ2v) is 6.97. The van der Waals surface area contributed by atoms with Crippen LogP contribution in [0.3, 0.4) is 0 Å². The van der Waals surface area contributed by atoms with Crippen molar-refractivity contribution in [3.05, 3.63) is 0 Å². The van der Waals surface area contributed by atoms with Gasteiger partial charge in [-0.2, -0.15) is 9.97 Å². The Morgan fingerprint density at radius 3 is 1.10 bits per heavy atom. The van der Waals surface area contributed by atoms with E-state index in [0.717, 1.165) is 0 Å². The first-order valence-electron chi connectivity index (χ1n) is 9.75. The molecular formula is C18H32N8O4. The fourth-order valence-corrected chi connectivity index (χ4v) is 2.85. The Balaban J connectivity index is 2.80. The minimum absolute atomic E-state index is 0.0572. The van der Waals surface area contributed by atoms with Crippen molar-refractivity contribution in [1.82, 2.24) is 19.9 Å². The summed E-state index contributed by atoms with van der Waals surface area (Å²) in [6.07, 6.45) is 0. The van der Waals surface area contributed by atoms with Crippen LogP contribution in [0.4, 0.5) is 23.5 Å². The number of hydrogen-bond donors (Lipinski definition) is 4. The van der Waals surface area contributed by atoms with Crippen molar-refractivity contribution >= 4 is 34.6 Å². The standard InChI is InChI=1S/C18H32N8O4/c1-23(5-9-27)15-13-14(20-17(21-15)25(3)7-11-29)16(24(2)6-10-28)22-18(19-13)26(4)8-12-30/h27-30H,5-12H2,1-4H3. The van der Waals surface area contributed by atoms with Crippen LogP contribution in [0, 0.1) is 0 Å². The van der Waals surface area contributed by atoms with Gasteiger partial charge < -0.3 is 40.0 Å². The summed E-state index contributed by atoms with van der Waals surface area (Å²) in [6, 6.07) is 0. The van der Waals surface area contributed by atoms with Gasteiger partial charge in [0, 0.05) is 54.4 Å². The van der Waals surface area contributed by atoms with Crippen LogP contribution in [0.25, 0.3) is 11.0 Å². The van der Waals surface area contributed by atoms with E-state index in [2.05, 4.69) is 19.9 Å². The van der Waals surface area contributed by atoms with Gasteiger partial charge in [-0.25, -0.2) is 9.97 Å². The van der Waals surface area contributed by atoms with Gasteiger partial charge in [-0.05, 0) is 0 Å². The van der Waals surface area contributed by atoms with E-state index < -0.39 is 0 Å². The zero-order valence-corrected chi connectivity index (χ0v) is 18.0. The number of rotatable bonds is 12. The number of hydrogen-bond acceptors (Lipinski definition) is 12. The Morgan fingerprint density at radius 2 is 0.800 bits per heavy atom. The Kier molecular flexibility index (Phi) is 8.72. The molecule has 0 aliphatic carbocycles. The molecule has 0 aromatic carbocycles. The van der Waals surface area contributed by atoms with Crippen molar-refractivity contribution in [2.24, 2.45) is 0 Å². The molecule has 0 fully saturated rings. The van der Waals surface area contributed by atoms with Gasteiger partial charge in [0.15, 0.2) is 11.6 Å². The van der Waals surface area contributed by atoms with E-state index >= 15 is 0 Å². The SMILES string of the molecule is CN(CCO)c1nc(N(C)CCO)c2nc(N(C)CCO)nc(N(C)CCO)c2n1. The number of aliphatic hydroxyl groups is 4. The maximum absolute atomic E-state index is 9.43. The highest BCUT2D eigenvalue weighted by atomic mass is 16.3. The second-order valence-electron chi connectivity index (χ2n) is 6.97. The minimum Gasteiger partial charge on any atom is -0.395 e. The van der Waals surface area contributed by atoms with Crippen LogP contribution in [-0.2, 0) is 0 Å². The lowest BCUT2D eigenvalue weighted by Gasteiger charge is -2.26. The zero-order chi connectivity index (χ0) is 22.3. The monoisotopic (exact) mass is 424 g/mol. The minimum atomic E-state index is -0.0660. The van der Waals surface area contributed by atoms with E-state index in [1.807, 2.05) is 0 Å². The topological polar surface area (TPSA) is 145 Å². The lowest BCUT2D eigenvalue weighted by atomic mass is 10.3. The van der Waals surface area contributed by atoms with Gasteiger partial charge >= 0.3 is 0 Å². The number of aromatic nitrogens is 4. The van der Waals surface area contributed by atoms with Crippen molar-refractivity contribution in [3.8, 4) is 0 Å². The number of fused-ring (bicyclic) bond motifs is 1. The van der Waals surface area contributed by atoms with Crippen LogP contribution in [0.5, 0.6) is 0 Å². The molecule has 0 amide bonds. The van der Waals surface area contributed by atoms with E-state index in [0.29, 0.717) is 60.7 Å². The lowest BCUT2D eigenvalue weighted by molar-refractivity contribution is 0.302. The summed E-state index contributed by atoms with van der Waals surface area (Å²) < 4.78 is 0. The molecule has 4 N–H and O–H groups in total. The highest BCUT2D eigenvalue weighted by molar-refractivity contribution is 5.95. The van der Waals surface area contributed by atoms with Crippen LogP contribution in [-0.4, -0.2) is 121 Å². The molecule has 2 aromatic heterocycles. The number of likely N-dealkylation sites (N-methyl/N-ethyl adjacent to an activating group) is 4. The molecule has 0 aliphatic heterocycles. The fraction of sp³-hybridized carbons (Fsp3) is 0.667. The van der Waals surface area contributed by atoms with Crippen molar-refractivity contribution < 1.29 is 20.4 Å². The molecule has 0 saturated heterocycles. The van der Waals surface area contributed by atoms with E-state index in [9.17, 15) is 20.4 Å². The predicted octanol–water partition coefficient (Wildman–Crippen LogP) is -1.87. The van der Waals surface area contributed by atoms with Crippen LogP contribution in [0.2, 0.25) is 0 Å². The smallest absolute Gasteiger partial charge is 0.227 e. The average molecular weight is 425 g/mol. The molecule has 2 aromatic rings. The van der Waals surface area contributed by atoms with E-state index in [4.69, 9.17) is 0 Å². The lowest BCUT2D eigenvalue weighted by Crippen LogP contribution is -2.29. The summed E-state index contributed by atoms with van der Waals surface area (Å²) in [5.74, 6) is 1.78. The van der Waals surface area contributed by atoms with E-state index in [1.54, 1.807) is 47.8 Å². The maximum atomic E-state index is 9.43. The van der Waals surface area contributed by atoms with Gasteiger partial charge in [0.05, 0.1) is 26.4 Å². The van der Waals surface area contributed by atoms with E-state index in [1.165, 1.54) is 0 Å². The Bertz CT molecular complexity index is 757. The van der Waals surface area contributed by atoms with Crippen LogP contribution in [0.15, 0.2) is 0 Å². The highest BCUT2D eigenvalue weighted by Crippen LogP contribution is 2.31. The molecule has 0 unspecified atom stereocenters. The molecule has 0 spiro atoms. The molecule has 2 heterocycles.